The van der Waals surface area contributed by atoms with E-state index in [0.717, 1.165) is 5.56 Å². The fourth-order valence-electron chi connectivity index (χ4n) is 2.85. The molecule has 1 amide bonds. The number of amidine groups is 1. The van der Waals surface area contributed by atoms with E-state index >= 15 is 0 Å². The molecule has 1 aliphatic rings. The van der Waals surface area contributed by atoms with Crippen molar-refractivity contribution in [3.8, 4) is 11.3 Å². The normalized spacial score (nSPS) is 19.1. The first kappa shape index (κ1) is 18.1. The van der Waals surface area contributed by atoms with Gasteiger partial charge in [-0.15, -0.1) is 0 Å². The minimum Gasteiger partial charge on any atom is -0.395 e. The molecular weight excluding hydrogens is 352 g/mol. The molecule has 1 aromatic carbocycles. The second-order valence-electron chi connectivity index (χ2n) is 5.93. The standard InChI is InChI=1S/C19H19ClN4O2/c20-15-5-4-13(11-14(15)16-3-1-2-8-22-16)19(18(21)26)7-6-17(24-12-19)23-9-10-25/h1-8,11,25H,9-10,12H2,(H2,21,26)(H,23,24). The van der Waals surface area contributed by atoms with Crippen molar-refractivity contribution in [2.45, 2.75) is 5.41 Å². The molecule has 26 heavy (non-hydrogen) atoms. The Morgan fingerprint density at radius 1 is 1.35 bits per heavy atom. The summed E-state index contributed by atoms with van der Waals surface area (Å²) >= 11 is 6.34. The minimum absolute atomic E-state index is 0.00155. The van der Waals surface area contributed by atoms with Crippen LogP contribution in [0, 0.1) is 0 Å². The molecule has 134 valence electrons. The predicted molar refractivity (Wildman–Crippen MR) is 102 cm³/mol. The Kier molecular flexibility index (Phi) is 5.35. The summed E-state index contributed by atoms with van der Waals surface area (Å²) < 4.78 is 0. The number of dihydropyridines is 1. The Hall–Kier alpha value is -2.70. The van der Waals surface area contributed by atoms with Crippen molar-refractivity contribution >= 4 is 23.3 Å². The monoisotopic (exact) mass is 370 g/mol. The van der Waals surface area contributed by atoms with Gasteiger partial charge in [0.05, 0.1) is 18.8 Å². The van der Waals surface area contributed by atoms with Crippen LogP contribution in [0.5, 0.6) is 0 Å². The highest BCUT2D eigenvalue weighted by Gasteiger charge is 2.38. The van der Waals surface area contributed by atoms with E-state index in [-0.39, 0.29) is 13.2 Å². The number of aromatic nitrogens is 1. The lowest BCUT2D eigenvalue weighted by molar-refractivity contribution is -0.121. The predicted octanol–water partition coefficient (Wildman–Crippen LogP) is 1.68. The van der Waals surface area contributed by atoms with E-state index in [9.17, 15) is 4.79 Å². The van der Waals surface area contributed by atoms with Crippen LogP contribution < -0.4 is 11.1 Å². The summed E-state index contributed by atoms with van der Waals surface area (Å²) in [5, 5.41) is 12.4. The molecule has 0 bridgehead atoms. The summed E-state index contributed by atoms with van der Waals surface area (Å²) in [4.78, 5) is 21.1. The highest BCUT2D eigenvalue weighted by Crippen LogP contribution is 2.34. The number of halogens is 1. The van der Waals surface area contributed by atoms with E-state index in [1.807, 2.05) is 24.3 Å². The maximum Gasteiger partial charge on any atom is 0.233 e. The summed E-state index contributed by atoms with van der Waals surface area (Å²) in [5.41, 5.74) is 6.83. The third-order valence-electron chi connectivity index (χ3n) is 4.30. The first-order chi connectivity index (χ1) is 12.6. The average Bonchev–Trinajstić information content (AvgIpc) is 2.67. The van der Waals surface area contributed by atoms with Gasteiger partial charge in [0.2, 0.25) is 5.91 Å². The van der Waals surface area contributed by atoms with Gasteiger partial charge in [-0.05, 0) is 35.9 Å². The number of aliphatic hydroxyl groups is 1. The van der Waals surface area contributed by atoms with Gasteiger partial charge in [0.1, 0.15) is 11.3 Å². The molecule has 6 nitrogen and oxygen atoms in total. The minimum atomic E-state index is -1.06. The third-order valence-corrected chi connectivity index (χ3v) is 4.63. The van der Waals surface area contributed by atoms with Crippen LogP contribution in [0.25, 0.3) is 11.3 Å². The number of nitrogens with zero attached hydrogens (tertiary/aromatic N) is 2. The van der Waals surface area contributed by atoms with Gasteiger partial charge < -0.3 is 16.2 Å². The average molecular weight is 371 g/mol. The maximum atomic E-state index is 12.3. The number of nitrogens with two attached hydrogens (primary N) is 1. The van der Waals surface area contributed by atoms with E-state index in [4.69, 9.17) is 22.4 Å². The van der Waals surface area contributed by atoms with E-state index in [1.165, 1.54) is 0 Å². The van der Waals surface area contributed by atoms with Crippen molar-refractivity contribution < 1.29 is 9.90 Å². The number of benzene rings is 1. The second kappa shape index (κ2) is 7.68. The molecular formula is C19H19ClN4O2. The van der Waals surface area contributed by atoms with Crippen molar-refractivity contribution in [2.75, 3.05) is 19.7 Å². The third kappa shape index (κ3) is 3.47. The van der Waals surface area contributed by atoms with Gasteiger partial charge in [0.25, 0.3) is 0 Å². The molecule has 2 aromatic rings. The van der Waals surface area contributed by atoms with Crippen LogP contribution in [0.4, 0.5) is 0 Å². The van der Waals surface area contributed by atoms with Crippen LogP contribution in [0.1, 0.15) is 5.56 Å². The number of primary amides is 1. The number of hydrogen-bond donors (Lipinski definition) is 3. The molecule has 0 aliphatic carbocycles. The molecule has 0 saturated carbocycles. The van der Waals surface area contributed by atoms with Crippen molar-refractivity contribution in [3.63, 3.8) is 0 Å². The van der Waals surface area contributed by atoms with E-state index in [0.29, 0.717) is 28.7 Å². The number of aliphatic hydroxyl groups excluding tert-OH is 1. The lowest BCUT2D eigenvalue weighted by Gasteiger charge is -2.29. The summed E-state index contributed by atoms with van der Waals surface area (Å²) in [6.45, 7) is 0.561. The molecule has 2 heterocycles. The van der Waals surface area contributed by atoms with Gasteiger partial charge in [-0.25, -0.2) is 0 Å². The zero-order valence-corrected chi connectivity index (χ0v) is 14.8. The Balaban J connectivity index is 2.00. The summed E-state index contributed by atoms with van der Waals surface area (Å²) in [7, 11) is 0. The van der Waals surface area contributed by atoms with E-state index < -0.39 is 11.3 Å². The van der Waals surface area contributed by atoms with Gasteiger partial charge >= 0.3 is 0 Å². The first-order valence-electron chi connectivity index (χ1n) is 8.16. The SMILES string of the molecule is NC(=O)C1(c2ccc(Cl)c(-c3ccccn3)c2)C=CC(NCCO)=NC1. The van der Waals surface area contributed by atoms with Crippen molar-refractivity contribution in [1.82, 2.24) is 10.3 Å². The number of rotatable bonds is 5. The van der Waals surface area contributed by atoms with Crippen LogP contribution in [0.15, 0.2) is 59.7 Å². The van der Waals surface area contributed by atoms with Gasteiger partial charge in [-0.3, -0.25) is 14.8 Å². The zero-order chi connectivity index (χ0) is 18.6. The molecule has 4 N–H and O–H groups in total. The van der Waals surface area contributed by atoms with Gasteiger partial charge in [0.15, 0.2) is 0 Å². The van der Waals surface area contributed by atoms with Crippen molar-refractivity contribution in [2.24, 2.45) is 10.7 Å². The number of nitrogens with one attached hydrogen (secondary N) is 1. The summed E-state index contributed by atoms with van der Waals surface area (Å²) in [5.74, 6) is 0.114. The fraction of sp³-hybridized carbons (Fsp3) is 0.211. The topological polar surface area (TPSA) is 101 Å². The summed E-state index contributed by atoms with van der Waals surface area (Å²) in [6, 6.07) is 10.9. The lowest BCUT2D eigenvalue weighted by Crippen LogP contribution is -2.45. The van der Waals surface area contributed by atoms with E-state index in [1.54, 1.807) is 30.5 Å². The molecule has 0 fully saturated rings. The summed E-state index contributed by atoms with van der Waals surface area (Å²) in [6.07, 6.45) is 5.14. The lowest BCUT2D eigenvalue weighted by atomic mass is 9.77. The van der Waals surface area contributed by atoms with Crippen LogP contribution >= 0.6 is 11.6 Å². The Morgan fingerprint density at radius 2 is 2.19 bits per heavy atom. The Bertz CT molecular complexity index is 867. The van der Waals surface area contributed by atoms with Crippen LogP contribution in [0.3, 0.4) is 0 Å². The largest absolute Gasteiger partial charge is 0.395 e. The molecule has 1 atom stereocenters. The van der Waals surface area contributed by atoms with Crippen molar-refractivity contribution in [3.05, 3.63) is 65.3 Å². The number of amides is 1. The molecule has 1 unspecified atom stereocenters. The highest BCUT2D eigenvalue weighted by atomic mass is 35.5. The first-order valence-corrected chi connectivity index (χ1v) is 8.54. The van der Waals surface area contributed by atoms with Gasteiger partial charge in [-0.2, -0.15) is 0 Å². The number of carbonyl (C=O) groups excluding carboxylic acids is 1. The Labute approximate surface area is 156 Å². The number of carbonyl (C=O) groups is 1. The zero-order valence-electron chi connectivity index (χ0n) is 14.0. The van der Waals surface area contributed by atoms with Gasteiger partial charge in [-0.1, -0.05) is 29.8 Å². The van der Waals surface area contributed by atoms with Crippen molar-refractivity contribution in [1.29, 1.82) is 0 Å². The molecule has 0 saturated heterocycles. The quantitative estimate of drug-likeness (QED) is 0.745. The maximum absolute atomic E-state index is 12.3. The van der Waals surface area contributed by atoms with Crippen LogP contribution in [-0.2, 0) is 10.2 Å². The van der Waals surface area contributed by atoms with Crippen LogP contribution in [-0.4, -0.2) is 41.5 Å². The number of pyridine rings is 1. The molecule has 1 aliphatic heterocycles. The second-order valence-corrected chi connectivity index (χ2v) is 6.34. The fourth-order valence-corrected chi connectivity index (χ4v) is 3.06. The number of aliphatic imine (C=N–C) groups is 1. The van der Waals surface area contributed by atoms with E-state index in [2.05, 4.69) is 15.3 Å². The highest BCUT2D eigenvalue weighted by molar-refractivity contribution is 6.33. The molecule has 3 rings (SSSR count). The number of hydrogen-bond acceptors (Lipinski definition) is 5. The molecule has 0 radical (unpaired) electrons. The Morgan fingerprint density at radius 3 is 2.81 bits per heavy atom. The molecule has 0 spiro atoms. The van der Waals surface area contributed by atoms with Gasteiger partial charge in [0, 0.05) is 23.3 Å². The molecule has 7 heteroatoms. The smallest absolute Gasteiger partial charge is 0.233 e. The van der Waals surface area contributed by atoms with Crippen LogP contribution in [0.2, 0.25) is 5.02 Å². The molecule has 1 aromatic heterocycles.